The Kier molecular flexibility index (Phi) is 4.48. The molecule has 0 atom stereocenters. The van der Waals surface area contributed by atoms with Gasteiger partial charge in [0.15, 0.2) is 0 Å². The van der Waals surface area contributed by atoms with E-state index < -0.39 is 0 Å². The van der Waals surface area contributed by atoms with Gasteiger partial charge in [-0.3, -0.25) is 4.99 Å². The minimum absolute atomic E-state index is 0.612. The summed E-state index contributed by atoms with van der Waals surface area (Å²) in [5.74, 6) is 0. The molecule has 2 aromatic carbocycles. The average molecular weight is 382 g/mol. The minimum atomic E-state index is 0.612. The first-order chi connectivity index (χ1) is 11.8. The highest BCUT2D eigenvalue weighted by atomic mass is 79.9. The maximum absolute atomic E-state index is 4.60. The summed E-state index contributed by atoms with van der Waals surface area (Å²) < 4.78 is 3.44. The van der Waals surface area contributed by atoms with Crippen LogP contribution in [0.15, 0.2) is 58.3 Å². The molecule has 1 aliphatic carbocycles. The molecule has 0 amide bonds. The van der Waals surface area contributed by atoms with E-state index in [1.165, 1.54) is 37.6 Å². The van der Waals surface area contributed by atoms with Crippen molar-refractivity contribution in [2.24, 2.45) is 4.99 Å². The van der Waals surface area contributed by atoms with Gasteiger partial charge in [-0.25, -0.2) is 4.98 Å². The van der Waals surface area contributed by atoms with Gasteiger partial charge < -0.3 is 4.57 Å². The van der Waals surface area contributed by atoms with E-state index in [1.54, 1.807) is 0 Å². The molecule has 24 heavy (non-hydrogen) atoms. The number of nitrogens with zero attached hydrogens (tertiary/aromatic N) is 3. The van der Waals surface area contributed by atoms with E-state index in [1.807, 2.05) is 36.8 Å². The zero-order chi connectivity index (χ0) is 16.4. The first-order valence-corrected chi connectivity index (χ1v) is 9.35. The predicted molar refractivity (Wildman–Crippen MR) is 103 cm³/mol. The molecule has 0 bridgehead atoms. The van der Waals surface area contributed by atoms with E-state index in [-0.39, 0.29) is 0 Å². The number of halogens is 1. The van der Waals surface area contributed by atoms with Crippen molar-refractivity contribution in [1.82, 2.24) is 9.55 Å². The zero-order valence-corrected chi connectivity index (χ0v) is 15.1. The Morgan fingerprint density at radius 2 is 1.83 bits per heavy atom. The quantitative estimate of drug-likeness (QED) is 0.507. The molecule has 0 unspecified atom stereocenters. The van der Waals surface area contributed by atoms with Gasteiger partial charge in [-0.05, 0) is 48.7 Å². The fraction of sp³-hybridized carbons (Fsp3) is 0.300. The van der Waals surface area contributed by atoms with Crippen molar-refractivity contribution in [1.29, 1.82) is 0 Å². The lowest BCUT2D eigenvalue weighted by Gasteiger charge is -2.23. The Morgan fingerprint density at radius 1 is 1.04 bits per heavy atom. The number of rotatable bonds is 3. The van der Waals surface area contributed by atoms with E-state index in [4.69, 9.17) is 0 Å². The predicted octanol–water partition coefficient (Wildman–Crippen LogP) is 6.05. The number of hydrogen-bond acceptors (Lipinski definition) is 2. The van der Waals surface area contributed by atoms with Crippen LogP contribution in [0, 0.1) is 0 Å². The third-order valence-electron chi connectivity index (χ3n) is 4.76. The third-order valence-corrected chi connectivity index (χ3v) is 5.29. The maximum Gasteiger partial charge on any atom is 0.0960 e. The molecule has 1 aliphatic rings. The largest absolute Gasteiger partial charge is 0.327 e. The molecule has 1 aromatic heterocycles. The summed E-state index contributed by atoms with van der Waals surface area (Å²) in [4.78, 5) is 9.19. The smallest absolute Gasteiger partial charge is 0.0960 e. The normalized spacial score (nSPS) is 16.2. The molecular formula is C20H20BrN3. The topological polar surface area (TPSA) is 30.2 Å². The van der Waals surface area contributed by atoms with Crippen LogP contribution in [0.1, 0.15) is 43.7 Å². The van der Waals surface area contributed by atoms with E-state index in [0.717, 1.165) is 21.2 Å². The van der Waals surface area contributed by atoms with Crippen LogP contribution in [-0.4, -0.2) is 15.8 Å². The molecule has 0 radical (unpaired) electrons. The fourth-order valence-corrected chi connectivity index (χ4v) is 3.71. The molecule has 3 nitrogen and oxygen atoms in total. The Balaban J connectivity index is 1.58. The van der Waals surface area contributed by atoms with Crippen molar-refractivity contribution in [2.45, 2.75) is 38.1 Å². The van der Waals surface area contributed by atoms with Gasteiger partial charge in [-0.15, -0.1) is 0 Å². The lowest BCUT2D eigenvalue weighted by atomic mass is 9.95. The standard InChI is InChI=1S/C20H20BrN3/c21-16-8-6-15(7-9-16)13-22-17-10-11-20-19(12-17)23-14-24(20)18-4-2-1-3-5-18/h6-14,18H,1-5H2. The highest BCUT2D eigenvalue weighted by Gasteiger charge is 2.17. The van der Waals surface area contributed by atoms with Crippen molar-refractivity contribution in [2.75, 3.05) is 0 Å². The van der Waals surface area contributed by atoms with Crippen LogP contribution in [-0.2, 0) is 0 Å². The molecule has 122 valence electrons. The number of fused-ring (bicyclic) bond motifs is 1. The second kappa shape index (κ2) is 6.89. The van der Waals surface area contributed by atoms with Crippen LogP contribution < -0.4 is 0 Å². The van der Waals surface area contributed by atoms with Crippen LogP contribution in [0.4, 0.5) is 5.69 Å². The van der Waals surface area contributed by atoms with Crippen LogP contribution in [0.5, 0.6) is 0 Å². The summed E-state index contributed by atoms with van der Waals surface area (Å²) in [5, 5.41) is 0. The number of aliphatic imine (C=N–C) groups is 1. The molecule has 1 saturated carbocycles. The van der Waals surface area contributed by atoms with E-state index in [9.17, 15) is 0 Å². The molecule has 0 spiro atoms. The van der Waals surface area contributed by atoms with Crippen molar-refractivity contribution >= 4 is 38.9 Å². The van der Waals surface area contributed by atoms with Gasteiger partial charge in [-0.1, -0.05) is 47.3 Å². The van der Waals surface area contributed by atoms with Crippen molar-refractivity contribution in [3.63, 3.8) is 0 Å². The first-order valence-electron chi connectivity index (χ1n) is 8.56. The second-order valence-corrected chi connectivity index (χ2v) is 7.34. The Labute approximate surface area is 150 Å². The lowest BCUT2D eigenvalue weighted by molar-refractivity contribution is 0.359. The zero-order valence-electron chi connectivity index (χ0n) is 13.5. The second-order valence-electron chi connectivity index (χ2n) is 6.43. The van der Waals surface area contributed by atoms with Crippen LogP contribution in [0.25, 0.3) is 11.0 Å². The Morgan fingerprint density at radius 3 is 2.62 bits per heavy atom. The molecule has 4 rings (SSSR count). The summed E-state index contributed by atoms with van der Waals surface area (Å²) >= 11 is 3.45. The summed E-state index contributed by atoms with van der Waals surface area (Å²) in [6, 6.07) is 15.1. The summed E-state index contributed by atoms with van der Waals surface area (Å²) in [6.45, 7) is 0. The highest BCUT2D eigenvalue weighted by Crippen LogP contribution is 2.31. The van der Waals surface area contributed by atoms with E-state index in [0.29, 0.717) is 6.04 Å². The number of imidazole rings is 1. The van der Waals surface area contributed by atoms with Crippen LogP contribution in [0.3, 0.4) is 0 Å². The molecule has 1 fully saturated rings. The van der Waals surface area contributed by atoms with Gasteiger partial charge in [0.05, 0.1) is 23.0 Å². The lowest BCUT2D eigenvalue weighted by Crippen LogP contribution is -2.11. The van der Waals surface area contributed by atoms with Gasteiger partial charge in [0.1, 0.15) is 0 Å². The van der Waals surface area contributed by atoms with E-state index in [2.05, 4.69) is 48.7 Å². The molecule has 4 heteroatoms. The molecule has 0 N–H and O–H groups in total. The molecule has 1 heterocycles. The minimum Gasteiger partial charge on any atom is -0.327 e. The number of aromatic nitrogens is 2. The van der Waals surface area contributed by atoms with Crippen molar-refractivity contribution in [3.8, 4) is 0 Å². The van der Waals surface area contributed by atoms with Crippen LogP contribution in [0.2, 0.25) is 0 Å². The maximum atomic E-state index is 4.60. The number of benzene rings is 2. The summed E-state index contributed by atoms with van der Waals surface area (Å²) in [5.41, 5.74) is 4.29. The summed E-state index contributed by atoms with van der Waals surface area (Å²) in [7, 11) is 0. The van der Waals surface area contributed by atoms with Crippen LogP contribution >= 0.6 is 15.9 Å². The first kappa shape index (κ1) is 15.6. The van der Waals surface area contributed by atoms with Gasteiger partial charge in [0.2, 0.25) is 0 Å². The van der Waals surface area contributed by atoms with E-state index >= 15 is 0 Å². The van der Waals surface area contributed by atoms with Crippen molar-refractivity contribution in [3.05, 3.63) is 58.8 Å². The number of hydrogen-bond donors (Lipinski definition) is 0. The fourth-order valence-electron chi connectivity index (χ4n) is 3.45. The highest BCUT2D eigenvalue weighted by molar-refractivity contribution is 9.10. The molecule has 0 saturated heterocycles. The van der Waals surface area contributed by atoms with Gasteiger partial charge in [-0.2, -0.15) is 0 Å². The Hall–Kier alpha value is -1.94. The third kappa shape index (κ3) is 3.29. The average Bonchev–Trinajstić information content (AvgIpc) is 3.05. The Bertz CT molecular complexity index is 858. The van der Waals surface area contributed by atoms with Gasteiger partial charge in [0, 0.05) is 16.7 Å². The van der Waals surface area contributed by atoms with Gasteiger partial charge in [0.25, 0.3) is 0 Å². The van der Waals surface area contributed by atoms with Crippen molar-refractivity contribution < 1.29 is 0 Å². The summed E-state index contributed by atoms with van der Waals surface area (Å²) in [6.07, 6.45) is 10.5. The monoisotopic (exact) mass is 381 g/mol. The molecule has 3 aromatic rings. The SMILES string of the molecule is Brc1ccc(C=Nc2ccc3c(c2)ncn3C2CCCCC2)cc1. The molecular weight excluding hydrogens is 362 g/mol. The molecule has 0 aliphatic heterocycles. The van der Waals surface area contributed by atoms with Gasteiger partial charge >= 0.3 is 0 Å².